The monoisotopic (exact) mass is 229 g/mol. The highest BCUT2D eigenvalue weighted by atomic mass is 15.2. The van der Waals surface area contributed by atoms with Crippen LogP contribution in [0, 0.1) is 6.92 Å². The second-order valence-corrected chi connectivity index (χ2v) is 4.39. The third-order valence-electron chi connectivity index (χ3n) is 3.10. The standard InChI is InChI=1S/C12H15N5/c1-8-10-6-13-4-3-11(10)16-12(15-8)9-5-14-17(2)7-9/h5,7,13H,3-4,6H2,1-2H3. The van der Waals surface area contributed by atoms with Gasteiger partial charge in [0.25, 0.3) is 0 Å². The van der Waals surface area contributed by atoms with Gasteiger partial charge < -0.3 is 5.32 Å². The minimum Gasteiger partial charge on any atom is -0.312 e. The summed E-state index contributed by atoms with van der Waals surface area (Å²) in [6, 6.07) is 0. The van der Waals surface area contributed by atoms with E-state index in [1.165, 1.54) is 11.3 Å². The highest BCUT2D eigenvalue weighted by molar-refractivity contribution is 5.53. The second kappa shape index (κ2) is 3.92. The molecule has 0 amide bonds. The summed E-state index contributed by atoms with van der Waals surface area (Å²) in [6.07, 6.45) is 4.73. The lowest BCUT2D eigenvalue weighted by Crippen LogP contribution is -2.26. The Hall–Kier alpha value is -1.75. The Balaban J connectivity index is 2.10. The lowest BCUT2D eigenvalue weighted by atomic mass is 10.1. The van der Waals surface area contributed by atoms with Gasteiger partial charge in [0.15, 0.2) is 5.82 Å². The van der Waals surface area contributed by atoms with E-state index in [2.05, 4.69) is 20.4 Å². The van der Waals surface area contributed by atoms with Crippen LogP contribution in [0.2, 0.25) is 0 Å². The predicted molar refractivity (Wildman–Crippen MR) is 64.4 cm³/mol. The van der Waals surface area contributed by atoms with Crippen LogP contribution in [0.4, 0.5) is 0 Å². The second-order valence-electron chi connectivity index (χ2n) is 4.39. The van der Waals surface area contributed by atoms with Gasteiger partial charge in [-0.2, -0.15) is 5.10 Å². The van der Waals surface area contributed by atoms with Crippen LogP contribution in [0.1, 0.15) is 17.0 Å². The molecule has 2 aromatic heterocycles. The summed E-state index contributed by atoms with van der Waals surface area (Å²) in [5, 5.41) is 7.51. The molecule has 3 heterocycles. The molecule has 0 atom stereocenters. The largest absolute Gasteiger partial charge is 0.312 e. The topological polar surface area (TPSA) is 55.6 Å². The number of fused-ring (bicyclic) bond motifs is 1. The molecule has 0 spiro atoms. The Morgan fingerprint density at radius 1 is 1.35 bits per heavy atom. The molecule has 0 radical (unpaired) electrons. The van der Waals surface area contributed by atoms with E-state index in [9.17, 15) is 0 Å². The lowest BCUT2D eigenvalue weighted by Gasteiger charge is -2.18. The molecule has 5 nitrogen and oxygen atoms in total. The van der Waals surface area contributed by atoms with Crippen molar-refractivity contribution in [3.63, 3.8) is 0 Å². The minimum atomic E-state index is 0.788. The van der Waals surface area contributed by atoms with E-state index in [-0.39, 0.29) is 0 Å². The summed E-state index contributed by atoms with van der Waals surface area (Å²) in [5.74, 6) is 0.788. The summed E-state index contributed by atoms with van der Waals surface area (Å²) in [5.41, 5.74) is 4.48. The summed E-state index contributed by atoms with van der Waals surface area (Å²) < 4.78 is 1.77. The summed E-state index contributed by atoms with van der Waals surface area (Å²) in [6.45, 7) is 3.93. The average molecular weight is 229 g/mol. The average Bonchev–Trinajstić information content (AvgIpc) is 2.76. The molecule has 0 saturated heterocycles. The number of nitrogens with one attached hydrogen (secondary N) is 1. The number of aryl methyl sites for hydroxylation is 2. The van der Waals surface area contributed by atoms with Gasteiger partial charge in [-0.05, 0) is 6.92 Å². The quantitative estimate of drug-likeness (QED) is 0.787. The fourth-order valence-electron chi connectivity index (χ4n) is 2.18. The summed E-state index contributed by atoms with van der Waals surface area (Å²) in [7, 11) is 1.90. The number of rotatable bonds is 1. The molecule has 0 bridgehead atoms. The Morgan fingerprint density at radius 3 is 3.00 bits per heavy atom. The summed E-state index contributed by atoms with van der Waals surface area (Å²) >= 11 is 0. The molecule has 1 aliphatic heterocycles. The lowest BCUT2D eigenvalue weighted by molar-refractivity contribution is 0.622. The van der Waals surface area contributed by atoms with Gasteiger partial charge in [-0.1, -0.05) is 0 Å². The maximum absolute atomic E-state index is 4.65. The Labute approximate surface area is 99.9 Å². The van der Waals surface area contributed by atoms with Crippen molar-refractivity contribution in [1.82, 2.24) is 25.1 Å². The van der Waals surface area contributed by atoms with Crippen LogP contribution in [0.5, 0.6) is 0 Å². The zero-order valence-electron chi connectivity index (χ0n) is 10.1. The summed E-state index contributed by atoms with van der Waals surface area (Å²) in [4.78, 5) is 9.22. The maximum atomic E-state index is 4.65. The van der Waals surface area contributed by atoms with Crippen LogP contribution in [-0.2, 0) is 20.0 Å². The maximum Gasteiger partial charge on any atom is 0.162 e. The van der Waals surface area contributed by atoms with Gasteiger partial charge in [0, 0.05) is 44.0 Å². The third-order valence-corrected chi connectivity index (χ3v) is 3.10. The van der Waals surface area contributed by atoms with Crippen molar-refractivity contribution < 1.29 is 0 Å². The van der Waals surface area contributed by atoms with Crippen molar-refractivity contribution in [2.45, 2.75) is 19.9 Å². The first-order valence-corrected chi connectivity index (χ1v) is 5.80. The van der Waals surface area contributed by atoms with Crippen molar-refractivity contribution in [2.24, 2.45) is 7.05 Å². The van der Waals surface area contributed by atoms with Gasteiger partial charge in [-0.15, -0.1) is 0 Å². The Kier molecular flexibility index (Phi) is 2.40. The molecule has 5 heteroatoms. The molecule has 88 valence electrons. The molecule has 0 aliphatic carbocycles. The van der Waals surface area contributed by atoms with Crippen LogP contribution in [-0.4, -0.2) is 26.3 Å². The fourth-order valence-corrected chi connectivity index (χ4v) is 2.18. The predicted octanol–water partition coefficient (Wildman–Crippen LogP) is 0.831. The SMILES string of the molecule is Cc1nc(-c2cnn(C)c2)nc2c1CNCC2. The zero-order valence-corrected chi connectivity index (χ0v) is 10.1. The van der Waals surface area contributed by atoms with Crippen molar-refractivity contribution in [3.8, 4) is 11.4 Å². The minimum absolute atomic E-state index is 0.788. The normalized spacial score (nSPS) is 14.7. The molecule has 1 N–H and O–H groups in total. The smallest absolute Gasteiger partial charge is 0.162 e. The van der Waals surface area contributed by atoms with Gasteiger partial charge in [-0.3, -0.25) is 4.68 Å². The van der Waals surface area contributed by atoms with E-state index in [0.29, 0.717) is 0 Å². The van der Waals surface area contributed by atoms with Gasteiger partial charge >= 0.3 is 0 Å². The van der Waals surface area contributed by atoms with Crippen LogP contribution < -0.4 is 5.32 Å². The van der Waals surface area contributed by atoms with Gasteiger partial charge in [0.1, 0.15) is 0 Å². The van der Waals surface area contributed by atoms with Gasteiger partial charge in [-0.25, -0.2) is 9.97 Å². The molecular weight excluding hydrogens is 214 g/mol. The molecule has 3 rings (SSSR count). The number of aromatic nitrogens is 4. The van der Waals surface area contributed by atoms with Crippen LogP contribution in [0.15, 0.2) is 12.4 Å². The van der Waals surface area contributed by atoms with E-state index in [1.54, 1.807) is 4.68 Å². The number of nitrogens with zero attached hydrogens (tertiary/aromatic N) is 4. The highest BCUT2D eigenvalue weighted by Crippen LogP contribution is 2.20. The third kappa shape index (κ3) is 1.82. The van der Waals surface area contributed by atoms with Crippen molar-refractivity contribution in [1.29, 1.82) is 0 Å². The molecule has 0 saturated carbocycles. The highest BCUT2D eigenvalue weighted by Gasteiger charge is 2.16. The van der Waals surface area contributed by atoms with Crippen LogP contribution >= 0.6 is 0 Å². The number of hydrogen-bond acceptors (Lipinski definition) is 4. The Morgan fingerprint density at radius 2 is 2.24 bits per heavy atom. The van der Waals surface area contributed by atoms with Crippen LogP contribution in [0.25, 0.3) is 11.4 Å². The van der Waals surface area contributed by atoms with Crippen molar-refractivity contribution in [2.75, 3.05) is 6.54 Å². The molecule has 0 unspecified atom stereocenters. The van der Waals surface area contributed by atoms with Crippen LogP contribution in [0.3, 0.4) is 0 Å². The van der Waals surface area contributed by atoms with Crippen molar-refractivity contribution in [3.05, 3.63) is 29.3 Å². The van der Waals surface area contributed by atoms with E-state index in [1.807, 2.05) is 26.4 Å². The van der Waals surface area contributed by atoms with E-state index in [4.69, 9.17) is 0 Å². The molecule has 0 fully saturated rings. The van der Waals surface area contributed by atoms with E-state index >= 15 is 0 Å². The Bertz CT molecular complexity index is 558. The fraction of sp³-hybridized carbons (Fsp3) is 0.417. The molecule has 0 aromatic carbocycles. The number of hydrogen-bond donors (Lipinski definition) is 1. The molecule has 2 aromatic rings. The molecule has 1 aliphatic rings. The molecular formula is C12H15N5. The molecule has 17 heavy (non-hydrogen) atoms. The first-order chi connectivity index (χ1) is 8.24. The zero-order chi connectivity index (χ0) is 11.8. The van der Waals surface area contributed by atoms with Gasteiger partial charge in [0.2, 0.25) is 0 Å². The first-order valence-electron chi connectivity index (χ1n) is 5.80. The van der Waals surface area contributed by atoms with E-state index in [0.717, 1.165) is 36.6 Å². The van der Waals surface area contributed by atoms with Crippen molar-refractivity contribution >= 4 is 0 Å². The van der Waals surface area contributed by atoms with E-state index < -0.39 is 0 Å². The van der Waals surface area contributed by atoms with Gasteiger partial charge in [0.05, 0.1) is 17.5 Å². The first kappa shape index (κ1) is 10.4.